The summed E-state index contributed by atoms with van der Waals surface area (Å²) in [5, 5.41) is 3.32. The van der Waals surface area contributed by atoms with Crippen molar-refractivity contribution in [1.82, 2.24) is 5.32 Å². The fraction of sp³-hybridized carbons (Fsp3) is 0.600. The predicted molar refractivity (Wildman–Crippen MR) is 77.0 cm³/mol. The van der Waals surface area contributed by atoms with Gasteiger partial charge in [0, 0.05) is 11.4 Å². The molecule has 1 aliphatic heterocycles. The molecular formula is C15H23NS. The van der Waals surface area contributed by atoms with E-state index in [9.17, 15) is 0 Å². The number of benzene rings is 1. The Labute approximate surface area is 109 Å². The summed E-state index contributed by atoms with van der Waals surface area (Å²) in [6, 6.07) is 7.11. The molecule has 17 heavy (non-hydrogen) atoms. The van der Waals surface area contributed by atoms with Gasteiger partial charge in [-0.1, -0.05) is 26.0 Å². The third kappa shape index (κ3) is 3.05. The number of aryl methyl sites for hydroxylation is 1. The minimum absolute atomic E-state index is 0.636. The van der Waals surface area contributed by atoms with E-state index in [2.05, 4.69) is 37.4 Å². The molecule has 1 heterocycles. The zero-order valence-electron chi connectivity index (χ0n) is 11.1. The quantitative estimate of drug-likeness (QED) is 0.873. The van der Waals surface area contributed by atoms with E-state index < -0.39 is 0 Å². The number of hydrogen-bond donors (Lipinski definition) is 1. The number of hydrogen-bond acceptors (Lipinski definition) is 2. The van der Waals surface area contributed by atoms with Gasteiger partial charge in [-0.2, -0.15) is 0 Å². The highest BCUT2D eigenvalue weighted by Gasteiger charge is 2.17. The van der Waals surface area contributed by atoms with Crippen molar-refractivity contribution < 1.29 is 0 Å². The third-order valence-corrected chi connectivity index (χ3v) is 4.79. The Morgan fingerprint density at radius 2 is 2.18 bits per heavy atom. The topological polar surface area (TPSA) is 12.0 Å². The van der Waals surface area contributed by atoms with Crippen molar-refractivity contribution in [2.45, 2.75) is 37.5 Å². The van der Waals surface area contributed by atoms with E-state index >= 15 is 0 Å². The normalized spacial score (nSPS) is 16.9. The molecule has 94 valence electrons. The maximum atomic E-state index is 3.32. The first-order valence-corrected chi connectivity index (χ1v) is 7.61. The zero-order chi connectivity index (χ0) is 12.3. The Hall–Kier alpha value is -0.470. The van der Waals surface area contributed by atoms with Crippen LogP contribution in [0.15, 0.2) is 23.1 Å². The van der Waals surface area contributed by atoms with Gasteiger partial charge in [0.2, 0.25) is 0 Å². The summed E-state index contributed by atoms with van der Waals surface area (Å²) in [6.45, 7) is 5.70. The van der Waals surface area contributed by atoms with Gasteiger partial charge >= 0.3 is 0 Å². The van der Waals surface area contributed by atoms with Crippen LogP contribution >= 0.6 is 11.8 Å². The van der Waals surface area contributed by atoms with Crippen molar-refractivity contribution in [3.05, 3.63) is 29.3 Å². The summed E-state index contributed by atoms with van der Waals surface area (Å²) in [7, 11) is 2.05. The van der Waals surface area contributed by atoms with E-state index in [1.54, 1.807) is 5.56 Å². The molecule has 1 aliphatic rings. The molecule has 1 atom stereocenters. The SMILES string of the molecule is CNCC(c1ccc2c(c1)CCCS2)C(C)C. The van der Waals surface area contributed by atoms with Crippen molar-refractivity contribution in [3.8, 4) is 0 Å². The van der Waals surface area contributed by atoms with E-state index in [0.717, 1.165) is 6.54 Å². The van der Waals surface area contributed by atoms with Crippen LogP contribution in [0.3, 0.4) is 0 Å². The molecule has 0 aliphatic carbocycles. The molecule has 1 aromatic carbocycles. The van der Waals surface area contributed by atoms with Crippen LogP contribution in [0, 0.1) is 5.92 Å². The third-order valence-electron chi connectivity index (χ3n) is 3.59. The lowest BCUT2D eigenvalue weighted by Crippen LogP contribution is -2.21. The fourth-order valence-electron chi connectivity index (χ4n) is 2.57. The molecule has 1 N–H and O–H groups in total. The van der Waals surface area contributed by atoms with Gasteiger partial charge in [0.15, 0.2) is 0 Å². The molecule has 0 saturated carbocycles. The summed E-state index contributed by atoms with van der Waals surface area (Å²) in [4.78, 5) is 1.51. The Morgan fingerprint density at radius 3 is 2.88 bits per heavy atom. The molecule has 1 unspecified atom stereocenters. The first-order valence-electron chi connectivity index (χ1n) is 6.62. The van der Waals surface area contributed by atoms with Gasteiger partial charge in [-0.25, -0.2) is 0 Å². The van der Waals surface area contributed by atoms with Gasteiger partial charge in [0.25, 0.3) is 0 Å². The van der Waals surface area contributed by atoms with Crippen molar-refractivity contribution >= 4 is 11.8 Å². The number of fused-ring (bicyclic) bond motifs is 1. The summed E-state index contributed by atoms with van der Waals surface area (Å²) < 4.78 is 0. The molecule has 2 rings (SSSR count). The first-order chi connectivity index (χ1) is 8.22. The van der Waals surface area contributed by atoms with E-state index in [1.165, 1.54) is 29.1 Å². The number of nitrogens with one attached hydrogen (secondary N) is 1. The molecule has 0 bridgehead atoms. The van der Waals surface area contributed by atoms with Crippen LogP contribution in [0.2, 0.25) is 0 Å². The number of rotatable bonds is 4. The Kier molecular flexibility index (Phi) is 4.52. The van der Waals surface area contributed by atoms with Gasteiger partial charge in [-0.15, -0.1) is 11.8 Å². The van der Waals surface area contributed by atoms with Crippen LogP contribution in [0.1, 0.15) is 37.3 Å². The van der Waals surface area contributed by atoms with Crippen LogP contribution in [0.5, 0.6) is 0 Å². The minimum atomic E-state index is 0.636. The molecule has 1 aromatic rings. The van der Waals surface area contributed by atoms with Crippen molar-refractivity contribution in [3.63, 3.8) is 0 Å². The van der Waals surface area contributed by atoms with Crippen LogP contribution in [-0.4, -0.2) is 19.3 Å². The first kappa shape index (κ1) is 13.0. The number of thioether (sulfide) groups is 1. The van der Waals surface area contributed by atoms with Gasteiger partial charge in [-0.3, -0.25) is 0 Å². The molecular weight excluding hydrogens is 226 g/mol. The highest BCUT2D eigenvalue weighted by molar-refractivity contribution is 7.99. The second-order valence-electron chi connectivity index (χ2n) is 5.23. The lowest BCUT2D eigenvalue weighted by molar-refractivity contribution is 0.477. The summed E-state index contributed by atoms with van der Waals surface area (Å²) in [5.74, 6) is 2.62. The lowest BCUT2D eigenvalue weighted by Gasteiger charge is -2.23. The van der Waals surface area contributed by atoms with E-state index in [4.69, 9.17) is 0 Å². The van der Waals surface area contributed by atoms with Gasteiger partial charge < -0.3 is 5.32 Å². The summed E-state index contributed by atoms with van der Waals surface area (Å²) in [5.41, 5.74) is 3.08. The molecule has 0 spiro atoms. The molecule has 0 fully saturated rings. The molecule has 0 amide bonds. The minimum Gasteiger partial charge on any atom is -0.319 e. The van der Waals surface area contributed by atoms with Crippen molar-refractivity contribution in [1.29, 1.82) is 0 Å². The molecule has 0 radical (unpaired) electrons. The maximum Gasteiger partial charge on any atom is 0.0104 e. The monoisotopic (exact) mass is 249 g/mol. The van der Waals surface area contributed by atoms with Gasteiger partial charge in [0.05, 0.1) is 0 Å². The molecule has 0 saturated heterocycles. The lowest BCUT2D eigenvalue weighted by atomic mass is 9.87. The van der Waals surface area contributed by atoms with E-state index in [1.807, 2.05) is 18.8 Å². The highest BCUT2D eigenvalue weighted by atomic mass is 32.2. The number of likely N-dealkylation sites (N-methyl/N-ethyl adjacent to an activating group) is 1. The highest BCUT2D eigenvalue weighted by Crippen LogP contribution is 2.33. The van der Waals surface area contributed by atoms with Crippen LogP contribution < -0.4 is 5.32 Å². The van der Waals surface area contributed by atoms with E-state index in [-0.39, 0.29) is 0 Å². The smallest absolute Gasteiger partial charge is 0.0104 e. The zero-order valence-corrected chi connectivity index (χ0v) is 11.9. The largest absolute Gasteiger partial charge is 0.319 e. The van der Waals surface area contributed by atoms with E-state index in [0.29, 0.717) is 11.8 Å². The molecule has 2 heteroatoms. The Bertz CT molecular complexity index is 373. The maximum absolute atomic E-state index is 3.32. The van der Waals surface area contributed by atoms with Gasteiger partial charge in [-0.05, 0) is 54.7 Å². The molecule has 1 nitrogen and oxygen atoms in total. The standard InChI is InChI=1S/C15H23NS/c1-11(2)14(10-16-3)12-6-7-15-13(9-12)5-4-8-17-15/h6-7,9,11,14,16H,4-5,8,10H2,1-3H3. The Morgan fingerprint density at radius 1 is 1.35 bits per heavy atom. The van der Waals surface area contributed by atoms with Crippen LogP contribution in [0.4, 0.5) is 0 Å². The van der Waals surface area contributed by atoms with Crippen molar-refractivity contribution in [2.75, 3.05) is 19.3 Å². The summed E-state index contributed by atoms with van der Waals surface area (Å²) in [6.07, 6.45) is 2.60. The van der Waals surface area contributed by atoms with Gasteiger partial charge in [0.1, 0.15) is 0 Å². The molecule has 0 aromatic heterocycles. The fourth-order valence-corrected chi connectivity index (χ4v) is 3.59. The van der Waals surface area contributed by atoms with Crippen LogP contribution in [-0.2, 0) is 6.42 Å². The second-order valence-corrected chi connectivity index (χ2v) is 6.36. The second kappa shape index (κ2) is 5.92. The van der Waals surface area contributed by atoms with Crippen LogP contribution in [0.25, 0.3) is 0 Å². The van der Waals surface area contributed by atoms with Crippen molar-refractivity contribution in [2.24, 2.45) is 5.92 Å². The average Bonchev–Trinajstić information content (AvgIpc) is 2.35. The Balaban J connectivity index is 2.25. The average molecular weight is 249 g/mol. The summed E-state index contributed by atoms with van der Waals surface area (Å²) >= 11 is 2.02. The predicted octanol–water partition coefficient (Wildman–Crippen LogP) is 3.68.